The Bertz CT molecular complexity index is 749. The topological polar surface area (TPSA) is 79.4 Å². The Kier molecular flexibility index (Phi) is 5.33. The highest BCUT2D eigenvalue weighted by Crippen LogP contribution is 2.22. The van der Waals surface area contributed by atoms with Gasteiger partial charge in [-0.2, -0.15) is 0 Å². The lowest BCUT2D eigenvalue weighted by Crippen LogP contribution is -2.46. The highest BCUT2D eigenvalue weighted by Gasteiger charge is 2.31. The predicted molar refractivity (Wildman–Crippen MR) is 90.7 cm³/mol. The number of rotatable bonds is 6. The number of benzene rings is 1. The van der Waals surface area contributed by atoms with Crippen molar-refractivity contribution in [1.29, 1.82) is 0 Å². The van der Waals surface area contributed by atoms with E-state index in [0.29, 0.717) is 17.8 Å². The molecule has 0 radical (unpaired) electrons. The van der Waals surface area contributed by atoms with Gasteiger partial charge in [0.1, 0.15) is 6.04 Å². The second-order valence-electron chi connectivity index (χ2n) is 5.05. The highest BCUT2D eigenvalue weighted by molar-refractivity contribution is 7.92. The van der Waals surface area contributed by atoms with Crippen molar-refractivity contribution in [2.24, 2.45) is 0 Å². The molecule has 0 aliphatic rings. The van der Waals surface area contributed by atoms with Gasteiger partial charge in [0.15, 0.2) is 0 Å². The predicted octanol–water partition coefficient (Wildman–Crippen LogP) is 2.26. The number of carbonyl (C=O) groups is 1. The number of hydrogen-bond donors (Lipinski definition) is 1. The van der Waals surface area contributed by atoms with Gasteiger partial charge in [-0.3, -0.25) is 14.1 Å². The number of sulfonamides is 1. The Labute approximate surface area is 136 Å². The maximum atomic E-state index is 12.6. The number of amides is 1. The Morgan fingerprint density at radius 1 is 1.22 bits per heavy atom. The number of carbonyl (C=O) groups excluding carboxylic acids is 1. The summed E-state index contributed by atoms with van der Waals surface area (Å²) in [6.45, 7) is 1.77. The third-order valence-electron chi connectivity index (χ3n) is 3.27. The molecule has 6 nitrogen and oxygen atoms in total. The quantitative estimate of drug-likeness (QED) is 0.879. The molecule has 2 aromatic rings. The van der Waals surface area contributed by atoms with Crippen LogP contribution in [0.2, 0.25) is 0 Å². The van der Waals surface area contributed by atoms with E-state index in [4.69, 9.17) is 0 Å². The zero-order valence-electron chi connectivity index (χ0n) is 13.0. The Morgan fingerprint density at radius 2 is 1.91 bits per heavy atom. The van der Waals surface area contributed by atoms with E-state index in [-0.39, 0.29) is 0 Å². The molecule has 0 unspecified atom stereocenters. The summed E-state index contributed by atoms with van der Waals surface area (Å²) in [5.74, 6) is -0.394. The van der Waals surface area contributed by atoms with Gasteiger partial charge < -0.3 is 5.32 Å². The van der Waals surface area contributed by atoms with Crippen LogP contribution in [0, 0.1) is 0 Å². The molecule has 0 saturated carbocycles. The van der Waals surface area contributed by atoms with E-state index in [1.165, 1.54) is 6.20 Å². The smallest absolute Gasteiger partial charge is 0.248 e. The first-order chi connectivity index (χ1) is 10.9. The van der Waals surface area contributed by atoms with Crippen LogP contribution in [0.15, 0.2) is 54.9 Å². The SMILES string of the molecule is CC[C@H](C(=O)Nc1cccnc1)N(c1ccccc1)S(C)(=O)=O. The molecule has 0 fully saturated rings. The number of anilines is 2. The molecule has 1 amide bonds. The second kappa shape index (κ2) is 7.23. The first-order valence-electron chi connectivity index (χ1n) is 7.19. The molecule has 7 heteroatoms. The standard InChI is InChI=1S/C16H19N3O3S/c1-3-15(16(20)18-13-8-7-11-17-12-13)19(23(2,21)22)14-9-5-4-6-10-14/h4-12,15H,3H2,1-2H3,(H,18,20)/t15-/m1/s1. The van der Waals surface area contributed by atoms with Gasteiger partial charge in [-0.25, -0.2) is 8.42 Å². The van der Waals surface area contributed by atoms with E-state index in [0.717, 1.165) is 10.6 Å². The Balaban J connectivity index is 2.33. The number of pyridine rings is 1. The molecule has 0 bridgehead atoms. The first kappa shape index (κ1) is 17.0. The van der Waals surface area contributed by atoms with Crippen LogP contribution in [0.5, 0.6) is 0 Å². The van der Waals surface area contributed by atoms with E-state index in [1.54, 1.807) is 55.6 Å². The van der Waals surface area contributed by atoms with Crippen LogP contribution < -0.4 is 9.62 Å². The number of nitrogens with zero attached hydrogens (tertiary/aromatic N) is 2. The van der Waals surface area contributed by atoms with Crippen LogP contribution >= 0.6 is 0 Å². The summed E-state index contributed by atoms with van der Waals surface area (Å²) < 4.78 is 25.6. The minimum Gasteiger partial charge on any atom is -0.323 e. The molecule has 1 heterocycles. The van der Waals surface area contributed by atoms with Crippen molar-refractivity contribution in [3.63, 3.8) is 0 Å². The van der Waals surface area contributed by atoms with Crippen molar-refractivity contribution < 1.29 is 13.2 Å². The molecule has 0 saturated heterocycles. The van der Waals surface area contributed by atoms with E-state index >= 15 is 0 Å². The molecule has 1 atom stereocenters. The van der Waals surface area contributed by atoms with E-state index in [2.05, 4.69) is 10.3 Å². The van der Waals surface area contributed by atoms with Gasteiger partial charge in [0.05, 0.1) is 23.8 Å². The maximum Gasteiger partial charge on any atom is 0.248 e. The highest BCUT2D eigenvalue weighted by atomic mass is 32.2. The number of para-hydroxylation sites is 1. The summed E-state index contributed by atoms with van der Waals surface area (Å²) in [6, 6.07) is 11.2. The van der Waals surface area contributed by atoms with Gasteiger partial charge in [-0.1, -0.05) is 25.1 Å². The number of nitrogens with one attached hydrogen (secondary N) is 1. The molecular weight excluding hydrogens is 314 g/mol. The minimum absolute atomic E-state index is 0.341. The van der Waals surface area contributed by atoms with Crippen LogP contribution in [0.4, 0.5) is 11.4 Å². The first-order valence-corrected chi connectivity index (χ1v) is 9.03. The zero-order chi connectivity index (χ0) is 16.9. The van der Waals surface area contributed by atoms with Crippen molar-refractivity contribution in [2.75, 3.05) is 15.9 Å². The normalized spacial score (nSPS) is 12.4. The Morgan fingerprint density at radius 3 is 2.43 bits per heavy atom. The van der Waals surface area contributed by atoms with E-state index in [9.17, 15) is 13.2 Å². The molecule has 23 heavy (non-hydrogen) atoms. The molecule has 122 valence electrons. The van der Waals surface area contributed by atoms with Crippen LogP contribution in [0.25, 0.3) is 0 Å². The Hall–Kier alpha value is -2.41. The van der Waals surface area contributed by atoms with Gasteiger partial charge in [0, 0.05) is 6.20 Å². The molecule has 1 N–H and O–H groups in total. The summed E-state index contributed by atoms with van der Waals surface area (Å²) in [6.07, 6.45) is 4.55. The van der Waals surface area contributed by atoms with Crippen molar-refractivity contribution in [2.45, 2.75) is 19.4 Å². The molecule has 0 aliphatic heterocycles. The monoisotopic (exact) mass is 333 g/mol. The van der Waals surface area contributed by atoms with E-state index < -0.39 is 22.0 Å². The average molecular weight is 333 g/mol. The molecule has 1 aromatic carbocycles. The fraction of sp³-hybridized carbons (Fsp3) is 0.250. The fourth-order valence-electron chi connectivity index (χ4n) is 2.30. The third kappa shape index (κ3) is 4.29. The molecule has 0 spiro atoms. The fourth-order valence-corrected chi connectivity index (χ4v) is 3.51. The summed E-state index contributed by atoms with van der Waals surface area (Å²) >= 11 is 0. The van der Waals surface area contributed by atoms with Crippen molar-refractivity contribution in [3.8, 4) is 0 Å². The summed E-state index contributed by atoms with van der Waals surface area (Å²) in [7, 11) is -3.61. The van der Waals surface area contributed by atoms with Gasteiger partial charge in [-0.15, -0.1) is 0 Å². The average Bonchev–Trinajstić information content (AvgIpc) is 2.53. The maximum absolute atomic E-state index is 12.6. The van der Waals surface area contributed by atoms with Gasteiger partial charge in [-0.05, 0) is 30.7 Å². The van der Waals surface area contributed by atoms with Gasteiger partial charge in [0.2, 0.25) is 15.9 Å². The largest absolute Gasteiger partial charge is 0.323 e. The summed E-state index contributed by atoms with van der Waals surface area (Å²) in [5, 5.41) is 2.71. The molecule has 2 rings (SSSR count). The van der Waals surface area contributed by atoms with Gasteiger partial charge in [0.25, 0.3) is 0 Å². The molecule has 1 aromatic heterocycles. The van der Waals surface area contributed by atoms with Crippen LogP contribution in [-0.4, -0.2) is 31.6 Å². The summed E-state index contributed by atoms with van der Waals surface area (Å²) in [4.78, 5) is 16.5. The van der Waals surface area contributed by atoms with E-state index in [1.807, 2.05) is 0 Å². The van der Waals surface area contributed by atoms with Crippen LogP contribution in [0.3, 0.4) is 0 Å². The second-order valence-corrected chi connectivity index (χ2v) is 6.91. The molecule has 0 aliphatic carbocycles. The summed E-state index contributed by atoms with van der Waals surface area (Å²) in [5.41, 5.74) is 0.987. The van der Waals surface area contributed by atoms with Crippen molar-refractivity contribution in [1.82, 2.24) is 4.98 Å². The molecular formula is C16H19N3O3S. The van der Waals surface area contributed by atoms with Crippen molar-refractivity contribution in [3.05, 3.63) is 54.9 Å². The lowest BCUT2D eigenvalue weighted by atomic mass is 10.2. The number of aromatic nitrogens is 1. The third-order valence-corrected chi connectivity index (χ3v) is 4.45. The van der Waals surface area contributed by atoms with Crippen molar-refractivity contribution >= 4 is 27.3 Å². The van der Waals surface area contributed by atoms with Crippen LogP contribution in [-0.2, 0) is 14.8 Å². The van der Waals surface area contributed by atoms with Gasteiger partial charge >= 0.3 is 0 Å². The lowest BCUT2D eigenvalue weighted by Gasteiger charge is -2.30. The zero-order valence-corrected chi connectivity index (χ0v) is 13.8. The minimum atomic E-state index is -3.61. The van der Waals surface area contributed by atoms with Crippen LogP contribution in [0.1, 0.15) is 13.3 Å². The lowest BCUT2D eigenvalue weighted by molar-refractivity contribution is -0.117. The number of hydrogen-bond acceptors (Lipinski definition) is 4.